The third-order valence-electron chi connectivity index (χ3n) is 4.52. The monoisotopic (exact) mass is 443 g/mol. The molecule has 0 saturated carbocycles. The number of carbonyl (C=O) groups is 1. The number of hydrogen-bond acceptors (Lipinski definition) is 6. The van der Waals surface area contributed by atoms with Crippen LogP contribution in [0.4, 0.5) is 16.2 Å². The summed E-state index contributed by atoms with van der Waals surface area (Å²) in [7, 11) is 0. The Morgan fingerprint density at radius 3 is 2.42 bits per heavy atom. The topological polar surface area (TPSA) is 93.9 Å². The number of nitrogens with zero attached hydrogens (tertiary/aromatic N) is 2. The maximum Gasteiger partial charge on any atom is 0.410 e. The lowest BCUT2D eigenvalue weighted by atomic mass is 10.1. The number of fused-ring (bicyclic) bond motifs is 1. The molecule has 1 aliphatic heterocycles. The summed E-state index contributed by atoms with van der Waals surface area (Å²) in [5, 5.41) is 14.1. The van der Waals surface area contributed by atoms with Crippen molar-refractivity contribution in [2.24, 2.45) is 0 Å². The number of thiocarbonyl (C=S) groups is 1. The molecule has 1 amide bonds. The molecule has 1 atom stereocenters. The van der Waals surface area contributed by atoms with E-state index in [-0.39, 0.29) is 24.9 Å². The molecule has 8 nitrogen and oxygen atoms in total. The van der Waals surface area contributed by atoms with Gasteiger partial charge in [-0.25, -0.2) is 4.79 Å². The Morgan fingerprint density at radius 2 is 1.81 bits per heavy atom. The predicted molar refractivity (Wildman–Crippen MR) is 121 cm³/mol. The number of non-ortho nitro benzene ring substituents is 1. The Balaban J connectivity index is 1.83. The zero-order valence-electron chi connectivity index (χ0n) is 17.9. The van der Waals surface area contributed by atoms with E-state index in [4.69, 9.17) is 21.7 Å². The van der Waals surface area contributed by atoms with Crippen LogP contribution < -0.4 is 10.1 Å². The molecule has 0 bridgehead atoms. The van der Waals surface area contributed by atoms with Crippen molar-refractivity contribution in [3.05, 3.63) is 63.7 Å². The van der Waals surface area contributed by atoms with Gasteiger partial charge in [-0.1, -0.05) is 30.4 Å². The molecule has 0 spiro atoms. The number of carbonyl (C=O) groups excluding carboxylic acids is 1. The van der Waals surface area contributed by atoms with Crippen LogP contribution >= 0.6 is 12.2 Å². The largest absolute Gasteiger partial charge is 0.481 e. The molecule has 0 fully saturated rings. The Kier molecular flexibility index (Phi) is 6.45. The van der Waals surface area contributed by atoms with E-state index in [1.165, 1.54) is 12.1 Å². The maximum absolute atomic E-state index is 12.9. The van der Waals surface area contributed by atoms with Gasteiger partial charge in [-0.15, -0.1) is 0 Å². The molecule has 0 aliphatic carbocycles. The molecule has 31 heavy (non-hydrogen) atoms. The van der Waals surface area contributed by atoms with E-state index in [9.17, 15) is 14.9 Å². The number of nitro benzene ring substituents is 1. The van der Waals surface area contributed by atoms with Crippen LogP contribution in [-0.4, -0.2) is 32.6 Å². The summed E-state index contributed by atoms with van der Waals surface area (Å²) in [6.07, 6.45) is -0.675. The van der Waals surface area contributed by atoms with Gasteiger partial charge in [0.25, 0.3) is 5.69 Å². The summed E-state index contributed by atoms with van der Waals surface area (Å²) in [4.78, 5) is 25.5. The molecular weight excluding hydrogens is 418 g/mol. The zero-order chi connectivity index (χ0) is 22.8. The summed E-state index contributed by atoms with van der Waals surface area (Å²) >= 11 is 5.28. The molecule has 9 heteroatoms. The second-order valence-electron chi connectivity index (χ2n) is 8.34. The third kappa shape index (κ3) is 5.91. The highest BCUT2D eigenvalue weighted by molar-refractivity contribution is 7.80. The molecule has 164 valence electrons. The van der Waals surface area contributed by atoms with Crippen LogP contribution in [0.5, 0.6) is 5.75 Å². The lowest BCUT2D eigenvalue weighted by Gasteiger charge is -2.29. The van der Waals surface area contributed by atoms with Gasteiger partial charge < -0.3 is 14.8 Å². The maximum atomic E-state index is 12.9. The van der Waals surface area contributed by atoms with Gasteiger partial charge in [0.15, 0.2) is 0 Å². The summed E-state index contributed by atoms with van der Waals surface area (Å²) in [6, 6.07) is 11.7. The number of amides is 1. The highest BCUT2D eigenvalue weighted by Crippen LogP contribution is 2.31. The fraction of sp³-hybridized carbons (Fsp3) is 0.364. The SMILES string of the molecule is CC1Oc2ccc(CN(Cc3ccc([N+](=O)[O-])cc3)C(=O)OC(C)(C)C)cc2NC1=S. The molecule has 1 unspecified atom stereocenters. The van der Waals surface area contributed by atoms with Crippen LogP contribution in [-0.2, 0) is 17.8 Å². The second kappa shape index (κ2) is 8.89. The number of nitrogens with one attached hydrogen (secondary N) is 1. The summed E-state index contributed by atoms with van der Waals surface area (Å²) in [5.74, 6) is 0.698. The fourth-order valence-corrected chi connectivity index (χ4v) is 3.19. The van der Waals surface area contributed by atoms with Crippen LogP contribution in [0.3, 0.4) is 0 Å². The fourth-order valence-electron chi connectivity index (χ4n) is 3.03. The quantitative estimate of drug-likeness (QED) is 0.392. The van der Waals surface area contributed by atoms with Gasteiger partial charge in [0.05, 0.1) is 10.6 Å². The van der Waals surface area contributed by atoms with Crippen molar-refractivity contribution in [3.8, 4) is 5.75 Å². The van der Waals surface area contributed by atoms with E-state index in [1.807, 2.05) is 25.1 Å². The molecule has 2 aromatic rings. The first-order chi connectivity index (χ1) is 14.5. The van der Waals surface area contributed by atoms with E-state index in [0.717, 1.165) is 16.8 Å². The molecule has 3 rings (SSSR count). The van der Waals surface area contributed by atoms with Crippen molar-refractivity contribution in [3.63, 3.8) is 0 Å². The van der Waals surface area contributed by atoms with E-state index >= 15 is 0 Å². The average molecular weight is 444 g/mol. The van der Waals surface area contributed by atoms with Crippen LogP contribution in [0, 0.1) is 10.1 Å². The zero-order valence-corrected chi connectivity index (χ0v) is 18.7. The number of rotatable bonds is 5. The molecular formula is C22H25N3O5S. The van der Waals surface area contributed by atoms with Gasteiger partial charge in [0.2, 0.25) is 0 Å². The number of ether oxygens (including phenoxy) is 2. The summed E-state index contributed by atoms with van der Waals surface area (Å²) in [5.41, 5.74) is 1.71. The number of hydrogen-bond donors (Lipinski definition) is 1. The third-order valence-corrected chi connectivity index (χ3v) is 4.95. The molecule has 0 radical (unpaired) electrons. The number of anilines is 1. The van der Waals surface area contributed by atoms with Gasteiger partial charge in [0.1, 0.15) is 22.4 Å². The van der Waals surface area contributed by atoms with Crippen LogP contribution in [0.15, 0.2) is 42.5 Å². The smallest absolute Gasteiger partial charge is 0.410 e. The van der Waals surface area contributed by atoms with E-state index in [2.05, 4.69) is 5.32 Å². The standard InChI is InChI=1S/C22H25N3O5S/c1-14-20(31)23-18-11-16(7-10-19(18)29-14)13-24(21(26)30-22(2,3)4)12-15-5-8-17(9-6-15)25(27)28/h5-11,14H,12-13H2,1-4H3,(H,23,31). The summed E-state index contributed by atoms with van der Waals surface area (Å²) < 4.78 is 11.3. The Bertz CT molecular complexity index is 1000. The normalized spacial score (nSPS) is 15.4. The van der Waals surface area contributed by atoms with Crippen molar-refractivity contribution in [1.29, 1.82) is 0 Å². The van der Waals surface area contributed by atoms with Gasteiger partial charge in [-0.2, -0.15) is 0 Å². The highest BCUT2D eigenvalue weighted by Gasteiger charge is 2.25. The number of nitro groups is 1. The van der Waals surface area contributed by atoms with Crippen LogP contribution in [0.2, 0.25) is 0 Å². The average Bonchev–Trinajstić information content (AvgIpc) is 2.67. The first kappa shape index (κ1) is 22.5. The van der Waals surface area contributed by atoms with Crippen molar-refractivity contribution in [2.45, 2.75) is 52.5 Å². The minimum Gasteiger partial charge on any atom is -0.481 e. The van der Waals surface area contributed by atoms with Crippen LogP contribution in [0.25, 0.3) is 0 Å². The summed E-state index contributed by atoms with van der Waals surface area (Å²) in [6.45, 7) is 7.80. The first-order valence-electron chi connectivity index (χ1n) is 9.83. The highest BCUT2D eigenvalue weighted by atomic mass is 32.1. The van der Waals surface area contributed by atoms with Crippen molar-refractivity contribution < 1.29 is 19.2 Å². The van der Waals surface area contributed by atoms with Crippen molar-refractivity contribution in [1.82, 2.24) is 4.90 Å². The van der Waals surface area contributed by atoms with Gasteiger partial charge in [-0.3, -0.25) is 15.0 Å². The van der Waals surface area contributed by atoms with Crippen molar-refractivity contribution >= 4 is 34.7 Å². The Morgan fingerprint density at radius 1 is 1.19 bits per heavy atom. The molecule has 1 N–H and O–H groups in total. The first-order valence-corrected chi connectivity index (χ1v) is 10.2. The van der Waals surface area contributed by atoms with Crippen LogP contribution in [0.1, 0.15) is 38.8 Å². The minimum absolute atomic E-state index is 0.00136. The van der Waals surface area contributed by atoms with Gasteiger partial charge in [-0.05, 0) is 51.0 Å². The van der Waals surface area contributed by atoms with Gasteiger partial charge in [0, 0.05) is 25.2 Å². The predicted octanol–water partition coefficient (Wildman–Crippen LogP) is 5.05. The van der Waals surface area contributed by atoms with E-state index in [0.29, 0.717) is 10.7 Å². The molecule has 1 heterocycles. The van der Waals surface area contributed by atoms with Gasteiger partial charge >= 0.3 is 6.09 Å². The lowest BCUT2D eigenvalue weighted by Crippen LogP contribution is -2.36. The van der Waals surface area contributed by atoms with E-state index < -0.39 is 16.6 Å². The Hall–Kier alpha value is -3.20. The number of benzene rings is 2. The Labute approximate surface area is 186 Å². The molecule has 0 aromatic heterocycles. The molecule has 2 aromatic carbocycles. The minimum atomic E-state index is -0.654. The van der Waals surface area contributed by atoms with Crippen molar-refractivity contribution in [2.75, 3.05) is 5.32 Å². The second-order valence-corrected chi connectivity index (χ2v) is 8.78. The molecule has 1 aliphatic rings. The van der Waals surface area contributed by atoms with E-state index in [1.54, 1.807) is 37.8 Å². The molecule has 0 saturated heterocycles. The lowest BCUT2D eigenvalue weighted by molar-refractivity contribution is -0.384.